The highest BCUT2D eigenvalue weighted by Crippen LogP contribution is 2.18. The zero-order valence-corrected chi connectivity index (χ0v) is 10.5. The minimum Gasteiger partial charge on any atom is -0.373 e. The fraction of sp³-hybridized carbons (Fsp3) is 0.600. The van der Waals surface area contributed by atoms with Crippen LogP contribution in [0.15, 0.2) is 0 Å². The monoisotopic (exact) mass is 226 g/mol. The molecule has 2 N–H and O–H groups in total. The van der Waals surface area contributed by atoms with Gasteiger partial charge in [0.2, 0.25) is 0 Å². The number of aryl methyl sites for hydroxylation is 1. The van der Waals surface area contributed by atoms with Crippen LogP contribution in [0.5, 0.6) is 0 Å². The minimum atomic E-state index is 0.789. The van der Waals surface area contributed by atoms with Gasteiger partial charge in [-0.1, -0.05) is 0 Å². The standard InChI is InChI=1S/C10H18N4S/c1-7-9(11-3)13-8(2)14-10(7)12-5-6-15-4/h5-6H2,1-4H3,(H2,11,12,13,14). The van der Waals surface area contributed by atoms with Gasteiger partial charge in [0, 0.05) is 24.9 Å². The summed E-state index contributed by atoms with van der Waals surface area (Å²) < 4.78 is 0. The predicted molar refractivity (Wildman–Crippen MR) is 67.9 cm³/mol. The number of thioether (sulfide) groups is 1. The van der Waals surface area contributed by atoms with Crippen LogP contribution in [-0.2, 0) is 0 Å². The summed E-state index contributed by atoms with van der Waals surface area (Å²) in [6.45, 7) is 4.86. The number of hydrogen-bond acceptors (Lipinski definition) is 5. The Bertz CT molecular complexity index is 327. The van der Waals surface area contributed by atoms with Gasteiger partial charge in [0.25, 0.3) is 0 Å². The largest absolute Gasteiger partial charge is 0.373 e. The van der Waals surface area contributed by atoms with Crippen molar-refractivity contribution in [2.75, 3.05) is 36.2 Å². The molecule has 0 spiro atoms. The molecular weight excluding hydrogens is 208 g/mol. The Morgan fingerprint density at radius 2 is 1.87 bits per heavy atom. The van der Waals surface area contributed by atoms with Gasteiger partial charge in [-0.25, -0.2) is 9.97 Å². The SMILES string of the molecule is CNc1nc(C)nc(NCCSC)c1C. The first-order chi connectivity index (χ1) is 7.19. The number of rotatable bonds is 5. The highest BCUT2D eigenvalue weighted by Gasteiger charge is 2.06. The van der Waals surface area contributed by atoms with E-state index >= 15 is 0 Å². The summed E-state index contributed by atoms with van der Waals surface area (Å²) in [6, 6.07) is 0. The Morgan fingerprint density at radius 1 is 1.20 bits per heavy atom. The lowest BCUT2D eigenvalue weighted by Gasteiger charge is -2.12. The molecule has 0 bridgehead atoms. The molecule has 15 heavy (non-hydrogen) atoms. The summed E-state index contributed by atoms with van der Waals surface area (Å²) in [6.07, 6.45) is 2.10. The molecule has 1 aromatic heterocycles. The molecule has 0 fully saturated rings. The van der Waals surface area contributed by atoms with Gasteiger partial charge in [-0.2, -0.15) is 11.8 Å². The zero-order chi connectivity index (χ0) is 11.3. The number of nitrogens with zero attached hydrogens (tertiary/aromatic N) is 2. The van der Waals surface area contributed by atoms with Gasteiger partial charge in [0.1, 0.15) is 17.5 Å². The molecule has 0 atom stereocenters. The maximum atomic E-state index is 4.38. The van der Waals surface area contributed by atoms with Gasteiger partial charge in [0.05, 0.1) is 0 Å². The Hall–Kier alpha value is -0.970. The van der Waals surface area contributed by atoms with Crippen molar-refractivity contribution in [2.24, 2.45) is 0 Å². The van der Waals surface area contributed by atoms with E-state index in [0.29, 0.717) is 0 Å². The van der Waals surface area contributed by atoms with Crippen LogP contribution < -0.4 is 10.6 Å². The van der Waals surface area contributed by atoms with Crippen LogP contribution in [0.1, 0.15) is 11.4 Å². The molecule has 1 rings (SSSR count). The van der Waals surface area contributed by atoms with E-state index in [-0.39, 0.29) is 0 Å². The van der Waals surface area contributed by atoms with E-state index in [1.165, 1.54) is 0 Å². The molecule has 0 aromatic carbocycles. The third-order valence-electron chi connectivity index (χ3n) is 2.09. The van der Waals surface area contributed by atoms with E-state index in [0.717, 1.165) is 35.3 Å². The van der Waals surface area contributed by atoms with Crippen molar-refractivity contribution in [3.05, 3.63) is 11.4 Å². The van der Waals surface area contributed by atoms with Crippen molar-refractivity contribution in [3.63, 3.8) is 0 Å². The second-order valence-electron chi connectivity index (χ2n) is 3.26. The molecule has 0 saturated heterocycles. The lowest BCUT2D eigenvalue weighted by atomic mass is 10.3. The number of nitrogens with one attached hydrogen (secondary N) is 2. The summed E-state index contributed by atoms with van der Waals surface area (Å²) in [7, 11) is 1.88. The third kappa shape index (κ3) is 3.27. The van der Waals surface area contributed by atoms with E-state index in [1.807, 2.05) is 32.7 Å². The van der Waals surface area contributed by atoms with Gasteiger partial charge in [-0.3, -0.25) is 0 Å². The molecule has 1 aromatic rings. The van der Waals surface area contributed by atoms with Crippen molar-refractivity contribution in [1.82, 2.24) is 9.97 Å². The number of anilines is 2. The first-order valence-electron chi connectivity index (χ1n) is 4.94. The van der Waals surface area contributed by atoms with Gasteiger partial charge in [-0.05, 0) is 20.1 Å². The van der Waals surface area contributed by atoms with Crippen molar-refractivity contribution in [1.29, 1.82) is 0 Å². The van der Waals surface area contributed by atoms with E-state index < -0.39 is 0 Å². The molecule has 4 nitrogen and oxygen atoms in total. The Kier molecular flexibility index (Phi) is 4.68. The second-order valence-corrected chi connectivity index (χ2v) is 4.25. The van der Waals surface area contributed by atoms with Crippen molar-refractivity contribution in [2.45, 2.75) is 13.8 Å². The van der Waals surface area contributed by atoms with Crippen LogP contribution in [-0.4, -0.2) is 35.6 Å². The predicted octanol–water partition coefficient (Wildman–Crippen LogP) is 1.91. The van der Waals surface area contributed by atoms with E-state index in [4.69, 9.17) is 0 Å². The summed E-state index contributed by atoms with van der Waals surface area (Å²) in [5.41, 5.74) is 1.07. The van der Waals surface area contributed by atoms with Crippen LogP contribution in [0, 0.1) is 13.8 Å². The lowest BCUT2D eigenvalue weighted by Crippen LogP contribution is -2.10. The maximum absolute atomic E-state index is 4.38. The van der Waals surface area contributed by atoms with E-state index in [2.05, 4.69) is 26.9 Å². The van der Waals surface area contributed by atoms with E-state index in [1.54, 1.807) is 0 Å². The molecule has 5 heteroatoms. The molecule has 84 valence electrons. The molecule has 0 unspecified atom stereocenters. The molecule has 0 amide bonds. The van der Waals surface area contributed by atoms with Crippen molar-refractivity contribution in [3.8, 4) is 0 Å². The van der Waals surface area contributed by atoms with Crippen LogP contribution in [0.3, 0.4) is 0 Å². The summed E-state index contributed by atoms with van der Waals surface area (Å²) in [5.74, 6) is 3.70. The maximum Gasteiger partial charge on any atom is 0.134 e. The fourth-order valence-electron chi connectivity index (χ4n) is 1.32. The summed E-state index contributed by atoms with van der Waals surface area (Å²) >= 11 is 1.82. The Balaban J connectivity index is 2.81. The van der Waals surface area contributed by atoms with Crippen molar-refractivity contribution >= 4 is 23.4 Å². The normalized spacial score (nSPS) is 10.1. The molecular formula is C10H18N4S. The first-order valence-corrected chi connectivity index (χ1v) is 6.34. The molecule has 0 aliphatic carbocycles. The molecule has 1 heterocycles. The lowest BCUT2D eigenvalue weighted by molar-refractivity contribution is 1.02. The number of aromatic nitrogens is 2. The van der Waals surface area contributed by atoms with E-state index in [9.17, 15) is 0 Å². The smallest absolute Gasteiger partial charge is 0.134 e. The Labute approximate surface area is 95.3 Å². The van der Waals surface area contributed by atoms with Crippen LogP contribution in [0.4, 0.5) is 11.6 Å². The zero-order valence-electron chi connectivity index (χ0n) is 9.72. The third-order valence-corrected chi connectivity index (χ3v) is 2.71. The molecule has 0 aliphatic rings. The summed E-state index contributed by atoms with van der Waals surface area (Å²) in [5, 5.41) is 6.39. The molecule has 0 aliphatic heterocycles. The molecule has 0 radical (unpaired) electrons. The van der Waals surface area contributed by atoms with Crippen LogP contribution in [0.2, 0.25) is 0 Å². The van der Waals surface area contributed by atoms with Gasteiger partial charge < -0.3 is 10.6 Å². The van der Waals surface area contributed by atoms with Gasteiger partial charge in [-0.15, -0.1) is 0 Å². The fourth-order valence-corrected chi connectivity index (χ4v) is 1.62. The highest BCUT2D eigenvalue weighted by atomic mass is 32.2. The average molecular weight is 226 g/mol. The van der Waals surface area contributed by atoms with Crippen LogP contribution in [0.25, 0.3) is 0 Å². The highest BCUT2D eigenvalue weighted by molar-refractivity contribution is 7.98. The van der Waals surface area contributed by atoms with Gasteiger partial charge in [0.15, 0.2) is 0 Å². The minimum absolute atomic E-state index is 0.789. The number of hydrogen-bond donors (Lipinski definition) is 2. The quantitative estimate of drug-likeness (QED) is 0.751. The van der Waals surface area contributed by atoms with Gasteiger partial charge >= 0.3 is 0 Å². The molecule has 0 saturated carbocycles. The Morgan fingerprint density at radius 3 is 2.47 bits per heavy atom. The average Bonchev–Trinajstić information content (AvgIpc) is 2.23. The summed E-state index contributed by atoms with van der Waals surface area (Å²) in [4.78, 5) is 8.69. The first kappa shape index (κ1) is 12.1. The topological polar surface area (TPSA) is 49.8 Å². The second kappa shape index (κ2) is 5.80. The van der Waals surface area contributed by atoms with Crippen molar-refractivity contribution < 1.29 is 0 Å². The van der Waals surface area contributed by atoms with Crippen LogP contribution >= 0.6 is 11.8 Å².